The predicted octanol–water partition coefficient (Wildman–Crippen LogP) is 6.92. The molecule has 0 amide bonds. The topological polar surface area (TPSA) is 9.23 Å². The van der Waals surface area contributed by atoms with Crippen LogP contribution in [-0.2, 0) is 6.42 Å². The fourth-order valence-electron chi connectivity index (χ4n) is 3.22. The Hall–Kier alpha value is -2.42. The molecule has 0 aliphatic heterocycles. The van der Waals surface area contributed by atoms with Crippen LogP contribution in [0.2, 0.25) is 0 Å². The van der Waals surface area contributed by atoms with Crippen molar-refractivity contribution in [1.82, 2.24) is 0 Å². The Morgan fingerprint density at radius 3 is 2.23 bits per heavy atom. The summed E-state index contributed by atoms with van der Waals surface area (Å²) in [6.07, 6.45) is 3.54. The number of fused-ring (bicyclic) bond motifs is 1. The third kappa shape index (κ3) is 3.87. The molecule has 0 fully saturated rings. The molecule has 0 saturated carbocycles. The molecule has 3 rings (SSSR count). The Morgan fingerprint density at radius 2 is 1.54 bits per heavy atom. The standard InChI is InChI=1S/C23H24F2O/c1-3-5-6-7-19-14-18-9-8-17(15-21(18)23(25)22(19)24)16-10-12-20(13-11-16)26-4-2/h8-15H,3-7H2,1-2H3. The number of benzene rings is 3. The Kier molecular flexibility index (Phi) is 5.87. The summed E-state index contributed by atoms with van der Waals surface area (Å²) in [5.41, 5.74) is 2.28. The van der Waals surface area contributed by atoms with Crippen molar-refractivity contribution in [2.45, 2.75) is 39.5 Å². The summed E-state index contributed by atoms with van der Waals surface area (Å²) in [5.74, 6) is -0.662. The summed E-state index contributed by atoms with van der Waals surface area (Å²) in [6, 6.07) is 15.0. The molecule has 0 aromatic heterocycles. The van der Waals surface area contributed by atoms with Crippen LogP contribution in [0.4, 0.5) is 8.78 Å². The van der Waals surface area contributed by atoms with Crippen molar-refractivity contribution in [2.24, 2.45) is 0 Å². The summed E-state index contributed by atoms with van der Waals surface area (Å²) < 4.78 is 34.5. The van der Waals surface area contributed by atoms with Crippen molar-refractivity contribution in [3.8, 4) is 16.9 Å². The van der Waals surface area contributed by atoms with Gasteiger partial charge >= 0.3 is 0 Å². The van der Waals surface area contributed by atoms with E-state index in [-0.39, 0.29) is 0 Å². The van der Waals surface area contributed by atoms with Crippen molar-refractivity contribution in [3.05, 3.63) is 65.7 Å². The number of aryl methyl sites for hydroxylation is 1. The van der Waals surface area contributed by atoms with E-state index < -0.39 is 11.6 Å². The third-order valence-corrected chi connectivity index (χ3v) is 4.64. The molecule has 0 saturated heterocycles. The Bertz CT molecular complexity index is 885. The van der Waals surface area contributed by atoms with Crippen LogP contribution >= 0.6 is 0 Å². The van der Waals surface area contributed by atoms with Gasteiger partial charge in [-0.2, -0.15) is 0 Å². The molecule has 136 valence electrons. The number of rotatable bonds is 7. The average molecular weight is 354 g/mol. The molecule has 0 atom stereocenters. The summed E-state index contributed by atoms with van der Waals surface area (Å²) in [5, 5.41) is 1.07. The Morgan fingerprint density at radius 1 is 0.808 bits per heavy atom. The van der Waals surface area contributed by atoms with Crippen LogP contribution in [0.5, 0.6) is 5.75 Å². The minimum absolute atomic E-state index is 0.327. The lowest BCUT2D eigenvalue weighted by Gasteiger charge is -2.10. The van der Waals surface area contributed by atoms with Gasteiger partial charge in [-0.05, 0) is 66.1 Å². The van der Waals surface area contributed by atoms with E-state index in [0.29, 0.717) is 24.0 Å². The van der Waals surface area contributed by atoms with Gasteiger partial charge < -0.3 is 4.74 Å². The molecule has 3 aromatic rings. The predicted molar refractivity (Wildman–Crippen MR) is 104 cm³/mol. The maximum absolute atomic E-state index is 14.6. The van der Waals surface area contributed by atoms with Gasteiger partial charge in [0.2, 0.25) is 0 Å². The van der Waals surface area contributed by atoms with Gasteiger partial charge in [-0.1, -0.05) is 44.0 Å². The maximum Gasteiger partial charge on any atom is 0.166 e. The molecule has 0 aliphatic carbocycles. The number of hydrogen-bond acceptors (Lipinski definition) is 1. The quantitative estimate of drug-likeness (QED) is 0.419. The first-order chi connectivity index (χ1) is 12.6. The molecular formula is C23H24F2O. The highest BCUT2D eigenvalue weighted by atomic mass is 19.2. The second-order valence-corrected chi connectivity index (χ2v) is 6.51. The molecule has 3 heteroatoms. The summed E-state index contributed by atoms with van der Waals surface area (Å²) in [4.78, 5) is 0. The van der Waals surface area contributed by atoms with Crippen molar-refractivity contribution >= 4 is 10.8 Å². The van der Waals surface area contributed by atoms with E-state index in [1.165, 1.54) is 0 Å². The van der Waals surface area contributed by atoms with Crippen LogP contribution < -0.4 is 4.74 Å². The molecule has 0 bridgehead atoms. The lowest BCUT2D eigenvalue weighted by Crippen LogP contribution is -1.97. The molecule has 0 N–H and O–H groups in total. The van der Waals surface area contributed by atoms with Gasteiger partial charge in [0.15, 0.2) is 11.6 Å². The van der Waals surface area contributed by atoms with E-state index in [2.05, 4.69) is 6.92 Å². The summed E-state index contributed by atoms with van der Waals surface area (Å²) in [6.45, 7) is 4.64. The number of unbranched alkanes of at least 4 members (excludes halogenated alkanes) is 2. The van der Waals surface area contributed by atoms with Gasteiger partial charge in [-0.15, -0.1) is 0 Å². The minimum atomic E-state index is -0.748. The minimum Gasteiger partial charge on any atom is -0.494 e. The molecule has 1 nitrogen and oxygen atoms in total. The monoisotopic (exact) mass is 354 g/mol. The lowest BCUT2D eigenvalue weighted by atomic mass is 9.97. The van der Waals surface area contributed by atoms with Gasteiger partial charge in [0.05, 0.1) is 6.61 Å². The van der Waals surface area contributed by atoms with Crippen LogP contribution in [0, 0.1) is 11.6 Å². The SMILES string of the molecule is CCCCCc1cc2ccc(-c3ccc(OCC)cc3)cc2c(F)c1F. The highest BCUT2D eigenvalue weighted by Gasteiger charge is 2.14. The normalized spacial score (nSPS) is 11.1. The smallest absolute Gasteiger partial charge is 0.166 e. The van der Waals surface area contributed by atoms with Crippen LogP contribution in [0.15, 0.2) is 48.5 Å². The lowest BCUT2D eigenvalue weighted by molar-refractivity contribution is 0.340. The second-order valence-electron chi connectivity index (χ2n) is 6.51. The zero-order valence-electron chi connectivity index (χ0n) is 15.3. The summed E-state index contributed by atoms with van der Waals surface area (Å²) in [7, 11) is 0. The van der Waals surface area contributed by atoms with Crippen molar-refractivity contribution in [2.75, 3.05) is 6.61 Å². The second kappa shape index (κ2) is 8.31. The highest BCUT2D eigenvalue weighted by Crippen LogP contribution is 2.30. The third-order valence-electron chi connectivity index (χ3n) is 4.64. The Labute approximate surface area is 153 Å². The zero-order chi connectivity index (χ0) is 18.5. The van der Waals surface area contributed by atoms with E-state index in [9.17, 15) is 8.78 Å². The van der Waals surface area contributed by atoms with Crippen LogP contribution in [-0.4, -0.2) is 6.61 Å². The van der Waals surface area contributed by atoms with Crippen LogP contribution in [0.3, 0.4) is 0 Å². The Balaban J connectivity index is 1.95. The van der Waals surface area contributed by atoms with Crippen LogP contribution in [0.1, 0.15) is 38.7 Å². The molecular weight excluding hydrogens is 330 g/mol. The van der Waals surface area contributed by atoms with Crippen molar-refractivity contribution in [1.29, 1.82) is 0 Å². The molecule has 26 heavy (non-hydrogen) atoms. The van der Waals surface area contributed by atoms with E-state index in [0.717, 1.165) is 41.5 Å². The van der Waals surface area contributed by atoms with Crippen LogP contribution in [0.25, 0.3) is 21.9 Å². The fraction of sp³-hybridized carbons (Fsp3) is 0.304. The first-order valence-corrected chi connectivity index (χ1v) is 9.28. The number of hydrogen-bond donors (Lipinski definition) is 0. The summed E-state index contributed by atoms with van der Waals surface area (Å²) >= 11 is 0. The molecule has 0 aliphatic rings. The molecule has 3 aromatic carbocycles. The molecule has 0 heterocycles. The van der Waals surface area contributed by atoms with Gasteiger partial charge in [-0.25, -0.2) is 8.78 Å². The first kappa shape index (κ1) is 18.4. The first-order valence-electron chi connectivity index (χ1n) is 9.28. The molecule has 0 unspecified atom stereocenters. The van der Waals surface area contributed by atoms with Gasteiger partial charge in [0.25, 0.3) is 0 Å². The van der Waals surface area contributed by atoms with Crippen molar-refractivity contribution < 1.29 is 13.5 Å². The van der Waals surface area contributed by atoms with E-state index in [1.807, 2.05) is 43.3 Å². The van der Waals surface area contributed by atoms with Crippen molar-refractivity contribution in [3.63, 3.8) is 0 Å². The van der Waals surface area contributed by atoms with E-state index in [1.54, 1.807) is 12.1 Å². The number of halogens is 2. The maximum atomic E-state index is 14.6. The largest absolute Gasteiger partial charge is 0.494 e. The molecule has 0 radical (unpaired) electrons. The van der Waals surface area contributed by atoms with Gasteiger partial charge in [0, 0.05) is 5.39 Å². The fourth-order valence-corrected chi connectivity index (χ4v) is 3.22. The van der Waals surface area contributed by atoms with Gasteiger partial charge in [0.1, 0.15) is 5.75 Å². The molecule has 0 spiro atoms. The van der Waals surface area contributed by atoms with E-state index in [4.69, 9.17) is 4.74 Å². The highest BCUT2D eigenvalue weighted by molar-refractivity contribution is 5.88. The zero-order valence-corrected chi connectivity index (χ0v) is 15.3. The number of ether oxygens (including phenoxy) is 1. The average Bonchev–Trinajstić information content (AvgIpc) is 2.66. The van der Waals surface area contributed by atoms with E-state index >= 15 is 0 Å². The van der Waals surface area contributed by atoms with Gasteiger partial charge in [-0.3, -0.25) is 0 Å².